The van der Waals surface area contributed by atoms with Crippen LogP contribution in [0, 0.1) is 0 Å². The molecular weight excluding hydrogens is 244 g/mol. The highest BCUT2D eigenvalue weighted by atomic mass is 16.4. The average molecular weight is 254 g/mol. The lowest BCUT2D eigenvalue weighted by molar-refractivity contribution is 0.0689. The van der Waals surface area contributed by atoms with Gasteiger partial charge in [-0.3, -0.25) is 4.40 Å². The van der Waals surface area contributed by atoms with Gasteiger partial charge < -0.3 is 10.2 Å². The number of phenols is 1. The molecule has 0 spiro atoms. The minimum atomic E-state index is -1.01. The molecule has 0 bridgehead atoms. The predicted octanol–water partition coefficient (Wildman–Crippen LogP) is 2.41. The predicted molar refractivity (Wildman–Crippen MR) is 69.3 cm³/mol. The molecule has 19 heavy (non-hydrogen) atoms. The minimum absolute atomic E-state index is 0.146. The number of hydrogen-bond donors (Lipinski definition) is 2. The van der Waals surface area contributed by atoms with Gasteiger partial charge in [0.15, 0.2) is 0 Å². The maximum atomic E-state index is 11.1. The number of pyridine rings is 1. The number of rotatable bonds is 2. The van der Waals surface area contributed by atoms with Gasteiger partial charge in [-0.1, -0.05) is 18.2 Å². The van der Waals surface area contributed by atoms with Gasteiger partial charge in [0.25, 0.3) is 0 Å². The second kappa shape index (κ2) is 4.13. The number of carbonyl (C=O) groups is 1. The van der Waals surface area contributed by atoms with Gasteiger partial charge in [0.1, 0.15) is 17.1 Å². The molecule has 0 radical (unpaired) electrons. The van der Waals surface area contributed by atoms with Crippen LogP contribution in [-0.2, 0) is 0 Å². The Balaban J connectivity index is 2.22. The van der Waals surface area contributed by atoms with Gasteiger partial charge in [0.05, 0.1) is 5.69 Å². The number of imidazole rings is 1. The normalized spacial score (nSPS) is 10.7. The van der Waals surface area contributed by atoms with E-state index in [2.05, 4.69) is 4.98 Å². The molecule has 1 aromatic carbocycles. The number of phenolic OH excluding ortho intramolecular Hbond substituents is 1. The van der Waals surface area contributed by atoms with Crippen molar-refractivity contribution in [2.24, 2.45) is 0 Å². The first-order valence-electron chi connectivity index (χ1n) is 5.66. The Morgan fingerprint density at radius 1 is 1.16 bits per heavy atom. The zero-order valence-corrected chi connectivity index (χ0v) is 9.82. The van der Waals surface area contributed by atoms with Crippen LogP contribution in [0.3, 0.4) is 0 Å². The Bertz CT molecular complexity index is 777. The number of aromatic hydroxyl groups is 1. The van der Waals surface area contributed by atoms with E-state index in [0.717, 1.165) is 5.56 Å². The number of aromatic carboxylic acids is 1. The van der Waals surface area contributed by atoms with Gasteiger partial charge in [-0.15, -0.1) is 0 Å². The average Bonchev–Trinajstić information content (AvgIpc) is 2.82. The molecule has 2 heterocycles. The van der Waals surface area contributed by atoms with Gasteiger partial charge in [0.2, 0.25) is 0 Å². The fraction of sp³-hybridized carbons (Fsp3) is 0. The molecule has 2 aromatic heterocycles. The first kappa shape index (κ1) is 11.3. The van der Waals surface area contributed by atoms with Crippen LogP contribution in [0.5, 0.6) is 5.75 Å². The number of carboxylic acids is 1. The summed E-state index contributed by atoms with van der Waals surface area (Å²) < 4.78 is 1.52. The topological polar surface area (TPSA) is 74.8 Å². The van der Waals surface area contributed by atoms with Crippen molar-refractivity contribution in [2.45, 2.75) is 0 Å². The van der Waals surface area contributed by atoms with E-state index in [1.807, 2.05) is 6.07 Å². The number of fused-ring (bicyclic) bond motifs is 1. The molecule has 0 fully saturated rings. The highest BCUT2D eigenvalue weighted by Gasteiger charge is 2.11. The van der Waals surface area contributed by atoms with E-state index in [9.17, 15) is 9.90 Å². The fourth-order valence-electron chi connectivity index (χ4n) is 1.99. The summed E-state index contributed by atoms with van der Waals surface area (Å²) in [5.74, 6) is -0.863. The highest BCUT2D eigenvalue weighted by molar-refractivity contribution is 5.87. The number of hydrogen-bond acceptors (Lipinski definition) is 3. The summed E-state index contributed by atoms with van der Waals surface area (Å²) in [6.45, 7) is 0. The third-order valence-electron chi connectivity index (χ3n) is 2.85. The Morgan fingerprint density at radius 3 is 2.68 bits per heavy atom. The lowest BCUT2D eigenvalue weighted by Gasteiger charge is -1.98. The molecule has 2 N–H and O–H groups in total. The summed E-state index contributed by atoms with van der Waals surface area (Å²) in [6, 6.07) is 11.6. The molecule has 0 aliphatic carbocycles. The number of nitrogens with zero attached hydrogens (tertiary/aromatic N) is 2. The molecule has 0 saturated carbocycles. The summed E-state index contributed by atoms with van der Waals surface area (Å²) in [6.07, 6.45) is 1.65. The molecule has 5 heteroatoms. The SMILES string of the molecule is O=C(O)c1cccc2nc(-c3cccc(O)c3)cn12. The van der Waals surface area contributed by atoms with Crippen molar-refractivity contribution in [3.8, 4) is 17.0 Å². The van der Waals surface area contributed by atoms with Gasteiger partial charge >= 0.3 is 5.97 Å². The van der Waals surface area contributed by atoms with Crippen LogP contribution in [0.25, 0.3) is 16.9 Å². The summed E-state index contributed by atoms with van der Waals surface area (Å²) in [7, 11) is 0. The maximum absolute atomic E-state index is 11.1. The van der Waals surface area contributed by atoms with Crippen LogP contribution < -0.4 is 0 Å². The van der Waals surface area contributed by atoms with Crippen LogP contribution in [0.15, 0.2) is 48.7 Å². The molecule has 3 rings (SSSR count). The summed E-state index contributed by atoms with van der Waals surface area (Å²) in [4.78, 5) is 15.5. The Hall–Kier alpha value is -2.82. The largest absolute Gasteiger partial charge is 0.508 e. The minimum Gasteiger partial charge on any atom is -0.508 e. The Kier molecular flexibility index (Phi) is 2.45. The van der Waals surface area contributed by atoms with Crippen molar-refractivity contribution in [1.82, 2.24) is 9.38 Å². The highest BCUT2D eigenvalue weighted by Crippen LogP contribution is 2.23. The van der Waals surface area contributed by atoms with E-state index < -0.39 is 5.97 Å². The summed E-state index contributed by atoms with van der Waals surface area (Å²) >= 11 is 0. The molecule has 5 nitrogen and oxygen atoms in total. The van der Waals surface area contributed by atoms with Crippen molar-refractivity contribution in [3.05, 3.63) is 54.4 Å². The van der Waals surface area contributed by atoms with Crippen LogP contribution in [-0.4, -0.2) is 25.6 Å². The van der Waals surface area contributed by atoms with E-state index in [0.29, 0.717) is 11.3 Å². The number of aromatic nitrogens is 2. The van der Waals surface area contributed by atoms with E-state index in [-0.39, 0.29) is 11.4 Å². The summed E-state index contributed by atoms with van der Waals surface area (Å²) in [5, 5.41) is 18.6. The molecule has 94 valence electrons. The lowest BCUT2D eigenvalue weighted by Crippen LogP contribution is -2.03. The first-order chi connectivity index (χ1) is 9.15. The standard InChI is InChI=1S/C14H10N2O3/c17-10-4-1-3-9(7-10)11-8-16-12(14(18)19)5-2-6-13(16)15-11/h1-8,17H,(H,18,19). The van der Waals surface area contributed by atoms with E-state index >= 15 is 0 Å². The van der Waals surface area contributed by atoms with Crippen LogP contribution >= 0.6 is 0 Å². The molecule has 0 amide bonds. The lowest BCUT2D eigenvalue weighted by atomic mass is 10.1. The molecular formula is C14H10N2O3. The van der Waals surface area contributed by atoms with Crippen LogP contribution in [0.2, 0.25) is 0 Å². The van der Waals surface area contributed by atoms with Crippen molar-refractivity contribution in [2.75, 3.05) is 0 Å². The van der Waals surface area contributed by atoms with Gasteiger partial charge in [0, 0.05) is 11.8 Å². The monoisotopic (exact) mass is 254 g/mol. The molecule has 0 atom stereocenters. The van der Waals surface area contributed by atoms with Gasteiger partial charge in [-0.2, -0.15) is 0 Å². The second-order valence-corrected chi connectivity index (χ2v) is 4.12. The molecule has 0 unspecified atom stereocenters. The second-order valence-electron chi connectivity index (χ2n) is 4.12. The number of carboxylic acid groups (broad SMARTS) is 1. The van der Waals surface area contributed by atoms with Gasteiger partial charge in [-0.05, 0) is 24.3 Å². The van der Waals surface area contributed by atoms with Crippen molar-refractivity contribution in [3.63, 3.8) is 0 Å². The smallest absolute Gasteiger partial charge is 0.352 e. The summed E-state index contributed by atoms with van der Waals surface area (Å²) in [5.41, 5.74) is 2.05. The Morgan fingerprint density at radius 2 is 1.95 bits per heavy atom. The molecule has 0 aliphatic rings. The molecule has 3 aromatic rings. The van der Waals surface area contributed by atoms with E-state index in [4.69, 9.17) is 5.11 Å². The van der Waals surface area contributed by atoms with Crippen molar-refractivity contribution < 1.29 is 15.0 Å². The Labute approximate surface area is 108 Å². The molecule has 0 aliphatic heterocycles. The van der Waals surface area contributed by atoms with E-state index in [1.165, 1.54) is 10.5 Å². The third kappa shape index (κ3) is 1.91. The quantitative estimate of drug-likeness (QED) is 0.736. The van der Waals surface area contributed by atoms with Crippen molar-refractivity contribution >= 4 is 11.6 Å². The van der Waals surface area contributed by atoms with Gasteiger partial charge in [-0.25, -0.2) is 9.78 Å². The zero-order chi connectivity index (χ0) is 13.4. The first-order valence-corrected chi connectivity index (χ1v) is 5.66. The zero-order valence-electron chi connectivity index (χ0n) is 9.82. The van der Waals surface area contributed by atoms with E-state index in [1.54, 1.807) is 36.5 Å². The number of benzene rings is 1. The van der Waals surface area contributed by atoms with Crippen LogP contribution in [0.1, 0.15) is 10.5 Å². The molecule has 0 saturated heterocycles. The fourth-order valence-corrected chi connectivity index (χ4v) is 1.99. The maximum Gasteiger partial charge on any atom is 0.352 e. The van der Waals surface area contributed by atoms with Crippen molar-refractivity contribution in [1.29, 1.82) is 0 Å². The third-order valence-corrected chi connectivity index (χ3v) is 2.85. The van der Waals surface area contributed by atoms with Crippen LogP contribution in [0.4, 0.5) is 0 Å².